The quantitative estimate of drug-likeness (QED) is 0.889. The van der Waals surface area contributed by atoms with Crippen LogP contribution in [0.3, 0.4) is 0 Å². The smallest absolute Gasteiger partial charge is 0.311 e. The van der Waals surface area contributed by atoms with Gasteiger partial charge in [0.2, 0.25) is 11.8 Å². The molecule has 1 aliphatic heterocycles. The van der Waals surface area contributed by atoms with Crippen LogP contribution in [0.2, 0.25) is 0 Å². The summed E-state index contributed by atoms with van der Waals surface area (Å²) in [6.45, 7) is 4.86. The van der Waals surface area contributed by atoms with E-state index in [4.69, 9.17) is 4.52 Å². The summed E-state index contributed by atoms with van der Waals surface area (Å²) in [5.41, 5.74) is -0.717. The van der Waals surface area contributed by atoms with Crippen molar-refractivity contribution in [1.82, 2.24) is 15.0 Å². The lowest BCUT2D eigenvalue weighted by Crippen LogP contribution is -2.37. The van der Waals surface area contributed by atoms with Gasteiger partial charge in [-0.25, -0.2) is 0 Å². The number of hydrogen-bond donors (Lipinski definition) is 1. The lowest BCUT2D eigenvalue weighted by molar-refractivity contribution is -0.149. The van der Waals surface area contributed by atoms with Crippen LogP contribution in [0, 0.1) is 11.3 Å². The van der Waals surface area contributed by atoms with Crippen molar-refractivity contribution in [3.63, 3.8) is 0 Å². The molecule has 1 aliphatic carbocycles. The minimum absolute atomic E-state index is 0.0238. The highest BCUT2D eigenvalue weighted by molar-refractivity contribution is 5.81. The Morgan fingerprint density at radius 2 is 2.26 bits per heavy atom. The number of aromatic nitrogens is 2. The van der Waals surface area contributed by atoms with Gasteiger partial charge in [-0.05, 0) is 18.8 Å². The third-order valence-electron chi connectivity index (χ3n) is 5.20. The Hall–Kier alpha value is -1.92. The standard InChI is InChI=1S/C16H23N3O4/c1-10(2)14-17-12(23-18-14)5-6-13(20)19-8-11-4-3-7-16(11,9-19)15(21)22/h10-11H,3-9H2,1-2H3,(H,21,22)/t11-,16+/m0/s1. The van der Waals surface area contributed by atoms with Gasteiger partial charge in [0, 0.05) is 31.8 Å². The molecule has 2 atom stereocenters. The largest absolute Gasteiger partial charge is 0.481 e. The summed E-state index contributed by atoms with van der Waals surface area (Å²) in [6, 6.07) is 0. The fourth-order valence-corrected chi connectivity index (χ4v) is 3.80. The molecule has 0 spiro atoms. The van der Waals surface area contributed by atoms with Crippen LogP contribution in [0.1, 0.15) is 57.2 Å². The topological polar surface area (TPSA) is 96.5 Å². The Morgan fingerprint density at radius 3 is 2.87 bits per heavy atom. The molecule has 3 rings (SSSR count). The molecular weight excluding hydrogens is 298 g/mol. The number of aryl methyl sites for hydroxylation is 1. The van der Waals surface area contributed by atoms with E-state index >= 15 is 0 Å². The zero-order valence-corrected chi connectivity index (χ0v) is 13.6. The number of nitrogens with zero attached hydrogens (tertiary/aromatic N) is 3. The first-order valence-electron chi connectivity index (χ1n) is 8.26. The molecule has 1 aromatic heterocycles. The maximum atomic E-state index is 12.4. The van der Waals surface area contributed by atoms with E-state index in [2.05, 4.69) is 10.1 Å². The van der Waals surface area contributed by atoms with Crippen LogP contribution in [-0.2, 0) is 16.0 Å². The van der Waals surface area contributed by atoms with Gasteiger partial charge >= 0.3 is 5.97 Å². The first-order chi connectivity index (χ1) is 10.9. The number of carbonyl (C=O) groups is 2. The van der Waals surface area contributed by atoms with Gasteiger partial charge in [0.1, 0.15) is 0 Å². The van der Waals surface area contributed by atoms with Crippen molar-refractivity contribution in [3.8, 4) is 0 Å². The van der Waals surface area contributed by atoms with Gasteiger partial charge in [0.15, 0.2) is 5.82 Å². The van der Waals surface area contributed by atoms with E-state index in [1.165, 1.54) is 0 Å². The van der Waals surface area contributed by atoms with Crippen molar-refractivity contribution in [2.24, 2.45) is 11.3 Å². The molecule has 0 aromatic carbocycles. The molecule has 126 valence electrons. The number of rotatable bonds is 5. The molecule has 0 bridgehead atoms. The number of carbonyl (C=O) groups excluding carboxylic acids is 1. The highest BCUT2D eigenvalue weighted by Crippen LogP contribution is 2.48. The average molecular weight is 321 g/mol. The second-order valence-electron chi connectivity index (χ2n) is 7.03. The van der Waals surface area contributed by atoms with Gasteiger partial charge in [-0.3, -0.25) is 9.59 Å². The normalized spacial score (nSPS) is 26.7. The fraction of sp³-hybridized carbons (Fsp3) is 0.750. The van der Waals surface area contributed by atoms with Crippen LogP contribution in [0.15, 0.2) is 4.52 Å². The summed E-state index contributed by atoms with van der Waals surface area (Å²) >= 11 is 0. The second kappa shape index (κ2) is 5.94. The fourth-order valence-electron chi connectivity index (χ4n) is 3.80. The Morgan fingerprint density at radius 1 is 1.48 bits per heavy atom. The Labute approximate surface area is 135 Å². The highest BCUT2D eigenvalue weighted by Gasteiger charge is 2.55. The minimum atomic E-state index is -0.756. The van der Waals surface area contributed by atoms with Crippen LogP contribution < -0.4 is 0 Å². The molecule has 1 aromatic rings. The van der Waals surface area contributed by atoms with Crippen molar-refractivity contribution >= 4 is 11.9 Å². The summed E-state index contributed by atoms with van der Waals surface area (Å²) in [5.74, 6) is 0.622. The zero-order chi connectivity index (χ0) is 16.6. The number of aliphatic carboxylic acids is 1. The average Bonchev–Trinajstić information content (AvgIpc) is 3.18. The van der Waals surface area contributed by atoms with E-state index < -0.39 is 11.4 Å². The minimum Gasteiger partial charge on any atom is -0.481 e. The third-order valence-corrected chi connectivity index (χ3v) is 5.20. The maximum Gasteiger partial charge on any atom is 0.311 e. The van der Waals surface area contributed by atoms with Crippen LogP contribution in [0.5, 0.6) is 0 Å². The second-order valence-corrected chi connectivity index (χ2v) is 7.03. The summed E-state index contributed by atoms with van der Waals surface area (Å²) < 4.78 is 5.15. The first kappa shape index (κ1) is 16.0. The van der Waals surface area contributed by atoms with Gasteiger partial charge < -0.3 is 14.5 Å². The Balaban J connectivity index is 1.58. The SMILES string of the molecule is CC(C)c1noc(CCC(=O)N2C[C@@H]3CCC[C@@]3(C(=O)O)C2)n1. The summed E-state index contributed by atoms with van der Waals surface area (Å²) in [6.07, 6.45) is 3.20. The van der Waals surface area contributed by atoms with E-state index in [-0.39, 0.29) is 24.2 Å². The highest BCUT2D eigenvalue weighted by atomic mass is 16.5. The molecule has 1 N–H and O–H groups in total. The number of carboxylic acid groups (broad SMARTS) is 1. The molecule has 7 nitrogen and oxygen atoms in total. The van der Waals surface area contributed by atoms with Crippen LogP contribution >= 0.6 is 0 Å². The molecule has 0 radical (unpaired) electrons. The molecule has 0 unspecified atom stereocenters. The summed E-state index contributed by atoms with van der Waals surface area (Å²) in [4.78, 5) is 30.0. The predicted octanol–water partition coefficient (Wildman–Crippen LogP) is 1.84. The Kier molecular flexibility index (Phi) is 4.12. The molecule has 1 saturated carbocycles. The zero-order valence-electron chi connectivity index (χ0n) is 13.6. The monoisotopic (exact) mass is 321 g/mol. The Bertz CT molecular complexity index is 612. The third kappa shape index (κ3) is 2.84. The van der Waals surface area contributed by atoms with E-state index in [0.717, 1.165) is 12.8 Å². The number of carboxylic acids is 1. The molecule has 23 heavy (non-hydrogen) atoms. The van der Waals surface area contributed by atoms with Crippen molar-refractivity contribution in [2.75, 3.05) is 13.1 Å². The maximum absolute atomic E-state index is 12.4. The predicted molar refractivity (Wildman–Crippen MR) is 80.7 cm³/mol. The first-order valence-corrected chi connectivity index (χ1v) is 8.26. The summed E-state index contributed by atoms with van der Waals surface area (Å²) in [5, 5.41) is 13.4. The molecule has 1 saturated heterocycles. The van der Waals surface area contributed by atoms with Gasteiger partial charge in [-0.1, -0.05) is 25.4 Å². The summed E-state index contributed by atoms with van der Waals surface area (Å²) in [7, 11) is 0. The van der Waals surface area contributed by atoms with Gasteiger partial charge in [0.05, 0.1) is 5.41 Å². The van der Waals surface area contributed by atoms with Crippen LogP contribution in [0.25, 0.3) is 0 Å². The number of hydrogen-bond acceptors (Lipinski definition) is 5. The molecule has 1 amide bonds. The van der Waals surface area contributed by atoms with Crippen LogP contribution in [-0.4, -0.2) is 45.1 Å². The molecule has 2 aliphatic rings. The molecule has 2 fully saturated rings. The van der Waals surface area contributed by atoms with Gasteiger partial charge in [-0.2, -0.15) is 4.98 Å². The van der Waals surface area contributed by atoms with E-state index in [1.807, 2.05) is 13.8 Å². The van der Waals surface area contributed by atoms with Gasteiger partial charge in [0.25, 0.3) is 0 Å². The lowest BCUT2D eigenvalue weighted by Gasteiger charge is -2.23. The molecular formula is C16H23N3O4. The lowest BCUT2D eigenvalue weighted by atomic mass is 9.81. The van der Waals surface area contributed by atoms with E-state index in [1.54, 1.807) is 4.90 Å². The van der Waals surface area contributed by atoms with Gasteiger partial charge in [-0.15, -0.1) is 0 Å². The molecule has 2 heterocycles. The van der Waals surface area contributed by atoms with Crippen molar-refractivity contribution in [1.29, 1.82) is 0 Å². The van der Waals surface area contributed by atoms with Crippen molar-refractivity contribution in [3.05, 3.63) is 11.7 Å². The van der Waals surface area contributed by atoms with E-state index in [0.29, 0.717) is 37.6 Å². The molecule has 7 heteroatoms. The van der Waals surface area contributed by atoms with E-state index in [9.17, 15) is 14.7 Å². The number of likely N-dealkylation sites (tertiary alicyclic amines) is 1. The number of amides is 1. The van der Waals surface area contributed by atoms with Crippen molar-refractivity contribution < 1.29 is 19.2 Å². The van der Waals surface area contributed by atoms with Crippen LogP contribution in [0.4, 0.5) is 0 Å². The van der Waals surface area contributed by atoms with Crippen molar-refractivity contribution in [2.45, 2.75) is 51.9 Å². The number of fused-ring (bicyclic) bond motifs is 1.